The van der Waals surface area contributed by atoms with Crippen molar-refractivity contribution in [1.82, 2.24) is 0 Å². The minimum Gasteiger partial charge on any atom is -0.461 e. The van der Waals surface area contributed by atoms with Crippen molar-refractivity contribution >= 4 is 11.8 Å². The molecule has 0 amide bonds. The number of carbonyl (C=O) groups is 2. The smallest absolute Gasteiger partial charge is 0.309 e. The van der Waals surface area contributed by atoms with Crippen LogP contribution in [0.5, 0.6) is 0 Å². The van der Waals surface area contributed by atoms with Crippen molar-refractivity contribution in [1.29, 1.82) is 0 Å². The summed E-state index contributed by atoms with van der Waals surface area (Å²) in [5, 5.41) is 39.9. The van der Waals surface area contributed by atoms with Crippen LogP contribution in [0, 0.1) is 29.6 Å². The van der Waals surface area contributed by atoms with Gasteiger partial charge in [0.15, 0.2) is 6.29 Å². The highest BCUT2D eigenvalue weighted by Crippen LogP contribution is 2.52. The molecule has 12 unspecified atom stereocenters. The van der Waals surface area contributed by atoms with E-state index in [0.29, 0.717) is 12.8 Å². The molecule has 2 saturated heterocycles. The number of aliphatic hydroxyl groups is 4. The molecule has 9 heteroatoms. The van der Waals surface area contributed by atoms with Crippen molar-refractivity contribution in [2.75, 3.05) is 6.61 Å². The lowest BCUT2D eigenvalue weighted by Crippen LogP contribution is -2.60. The van der Waals surface area contributed by atoms with E-state index < -0.39 is 55.4 Å². The molecular weight excluding hydrogens is 396 g/mol. The zero-order valence-corrected chi connectivity index (χ0v) is 17.1. The van der Waals surface area contributed by atoms with E-state index in [1.807, 2.05) is 6.92 Å². The molecule has 2 aliphatic carbocycles. The van der Waals surface area contributed by atoms with E-state index in [1.165, 1.54) is 0 Å². The molecule has 4 rings (SSSR count). The summed E-state index contributed by atoms with van der Waals surface area (Å²) in [6.07, 6.45) is -7.40. The Kier molecular flexibility index (Phi) is 5.80. The summed E-state index contributed by atoms with van der Waals surface area (Å²) in [7, 11) is 0. The second-order valence-electron chi connectivity index (χ2n) is 9.14. The zero-order chi connectivity index (χ0) is 21.9. The first-order chi connectivity index (χ1) is 14.1. The topological polar surface area (TPSA) is 143 Å². The molecule has 0 bridgehead atoms. The summed E-state index contributed by atoms with van der Waals surface area (Å²) in [6.45, 7) is 7.22. The van der Waals surface area contributed by atoms with Crippen LogP contribution in [-0.4, -0.2) is 81.7 Å². The molecule has 30 heavy (non-hydrogen) atoms. The quantitative estimate of drug-likeness (QED) is 0.335. The number of hydrogen-bond acceptors (Lipinski definition) is 9. The van der Waals surface area contributed by atoms with Gasteiger partial charge in [-0.25, -0.2) is 0 Å². The second-order valence-corrected chi connectivity index (χ2v) is 9.14. The maximum Gasteiger partial charge on any atom is 0.309 e. The minimum absolute atomic E-state index is 0.110. The van der Waals surface area contributed by atoms with Gasteiger partial charge in [0.1, 0.15) is 36.3 Å². The second kappa shape index (κ2) is 7.96. The zero-order valence-electron chi connectivity index (χ0n) is 17.1. The third kappa shape index (κ3) is 3.32. The molecule has 2 saturated carbocycles. The number of rotatable bonds is 3. The van der Waals surface area contributed by atoms with Gasteiger partial charge in [-0.2, -0.15) is 0 Å². The molecule has 0 aromatic carbocycles. The number of esters is 1. The predicted octanol–water partition coefficient (Wildman–Crippen LogP) is -0.850. The van der Waals surface area contributed by atoms with Crippen LogP contribution in [0.4, 0.5) is 0 Å². The minimum atomic E-state index is -1.55. The number of Topliss-reactive ketones (excluding diaryl/α,β-unsaturated/α-hetero) is 1. The Morgan fingerprint density at radius 1 is 1.03 bits per heavy atom. The van der Waals surface area contributed by atoms with E-state index in [0.717, 1.165) is 5.57 Å². The van der Waals surface area contributed by atoms with Crippen molar-refractivity contribution in [2.45, 2.75) is 69.6 Å². The van der Waals surface area contributed by atoms with E-state index >= 15 is 0 Å². The highest BCUT2D eigenvalue weighted by atomic mass is 16.7. The van der Waals surface area contributed by atoms with Crippen LogP contribution in [0.3, 0.4) is 0 Å². The molecule has 12 atom stereocenters. The lowest BCUT2D eigenvalue weighted by atomic mass is 9.77. The lowest BCUT2D eigenvalue weighted by Gasteiger charge is -2.42. The van der Waals surface area contributed by atoms with Gasteiger partial charge < -0.3 is 34.6 Å². The van der Waals surface area contributed by atoms with Gasteiger partial charge in [0, 0.05) is 24.2 Å². The Labute approximate surface area is 174 Å². The largest absolute Gasteiger partial charge is 0.461 e. The number of hydrogen-bond donors (Lipinski definition) is 4. The summed E-state index contributed by atoms with van der Waals surface area (Å²) in [4.78, 5) is 24.8. The standard InChI is InChI=1S/C21H30O9/c1-7-4-12(28-21-18(26)17(25)16(24)13(6-22)29-21)15-9(3)20(27)30-19(15)14-8(2)11(23)5-10(7)14/h8-10,12-19,21-22,24-26H,1,4-6H2,2-3H3. The Bertz CT molecular complexity index is 721. The highest BCUT2D eigenvalue weighted by molar-refractivity contribution is 5.84. The number of fused-ring (bicyclic) bond motifs is 3. The van der Waals surface area contributed by atoms with Crippen molar-refractivity contribution < 1.29 is 44.2 Å². The fourth-order valence-electron chi connectivity index (χ4n) is 5.70. The van der Waals surface area contributed by atoms with Crippen molar-refractivity contribution in [3.63, 3.8) is 0 Å². The molecule has 4 aliphatic rings. The first-order valence-corrected chi connectivity index (χ1v) is 10.5. The molecule has 0 spiro atoms. The van der Waals surface area contributed by atoms with Crippen LogP contribution in [0.2, 0.25) is 0 Å². The van der Waals surface area contributed by atoms with Crippen molar-refractivity contribution in [3.8, 4) is 0 Å². The van der Waals surface area contributed by atoms with E-state index in [-0.39, 0.29) is 35.4 Å². The van der Waals surface area contributed by atoms with Gasteiger partial charge in [0.25, 0.3) is 0 Å². The Balaban J connectivity index is 1.62. The maximum absolute atomic E-state index is 12.4. The Morgan fingerprint density at radius 2 is 1.73 bits per heavy atom. The molecule has 2 heterocycles. The fourth-order valence-corrected chi connectivity index (χ4v) is 5.70. The van der Waals surface area contributed by atoms with Crippen LogP contribution in [0.25, 0.3) is 0 Å². The van der Waals surface area contributed by atoms with Gasteiger partial charge in [-0.1, -0.05) is 26.0 Å². The van der Waals surface area contributed by atoms with Crippen LogP contribution < -0.4 is 0 Å². The molecule has 2 aliphatic heterocycles. The number of aliphatic hydroxyl groups excluding tert-OH is 4. The van der Waals surface area contributed by atoms with Crippen LogP contribution in [0.15, 0.2) is 12.2 Å². The molecule has 0 aromatic heterocycles. The Morgan fingerprint density at radius 3 is 2.40 bits per heavy atom. The summed E-state index contributed by atoms with van der Waals surface area (Å²) in [5.41, 5.74) is 0.824. The summed E-state index contributed by atoms with van der Waals surface area (Å²) >= 11 is 0. The first kappa shape index (κ1) is 21.9. The lowest BCUT2D eigenvalue weighted by molar-refractivity contribution is -0.316. The van der Waals surface area contributed by atoms with E-state index in [1.54, 1.807) is 6.92 Å². The van der Waals surface area contributed by atoms with Gasteiger partial charge >= 0.3 is 5.97 Å². The normalized spacial score (nSPS) is 51.3. The van der Waals surface area contributed by atoms with E-state index in [2.05, 4.69) is 6.58 Å². The molecule has 0 radical (unpaired) electrons. The van der Waals surface area contributed by atoms with Crippen molar-refractivity contribution in [2.24, 2.45) is 29.6 Å². The summed E-state index contributed by atoms with van der Waals surface area (Å²) < 4.78 is 17.3. The summed E-state index contributed by atoms with van der Waals surface area (Å²) in [5.74, 6) is -1.64. The van der Waals surface area contributed by atoms with Gasteiger partial charge in [0.2, 0.25) is 0 Å². The third-order valence-electron chi connectivity index (χ3n) is 7.51. The monoisotopic (exact) mass is 426 g/mol. The maximum atomic E-state index is 12.4. The molecule has 4 N–H and O–H groups in total. The van der Waals surface area contributed by atoms with Gasteiger partial charge in [-0.15, -0.1) is 0 Å². The van der Waals surface area contributed by atoms with Gasteiger partial charge in [-0.3, -0.25) is 9.59 Å². The SMILES string of the molecule is C=C1CC(OC2OC(CO)C(O)C(O)C2O)C2C(C)C(=O)OC2C2C(C)C(=O)CC12. The number of ether oxygens (including phenoxy) is 3. The van der Waals surface area contributed by atoms with Gasteiger partial charge in [-0.05, 0) is 12.3 Å². The average Bonchev–Trinajstić information content (AvgIpc) is 3.13. The fraction of sp³-hybridized carbons (Fsp3) is 0.810. The molecule has 168 valence electrons. The van der Waals surface area contributed by atoms with E-state index in [9.17, 15) is 30.0 Å². The number of ketones is 1. The molecular formula is C21H30O9. The first-order valence-electron chi connectivity index (χ1n) is 10.5. The third-order valence-corrected chi connectivity index (χ3v) is 7.51. The Hall–Kier alpha value is -1.36. The predicted molar refractivity (Wildman–Crippen MR) is 101 cm³/mol. The molecule has 9 nitrogen and oxygen atoms in total. The average molecular weight is 426 g/mol. The van der Waals surface area contributed by atoms with E-state index in [4.69, 9.17) is 14.2 Å². The van der Waals surface area contributed by atoms with Gasteiger partial charge in [0.05, 0.1) is 18.6 Å². The van der Waals surface area contributed by atoms with Crippen molar-refractivity contribution in [3.05, 3.63) is 12.2 Å². The number of carbonyl (C=O) groups excluding carboxylic acids is 2. The van der Waals surface area contributed by atoms with Crippen LogP contribution in [-0.2, 0) is 23.8 Å². The van der Waals surface area contributed by atoms with Crippen LogP contribution >= 0.6 is 0 Å². The summed E-state index contributed by atoms with van der Waals surface area (Å²) in [6, 6.07) is 0. The highest BCUT2D eigenvalue weighted by Gasteiger charge is 2.59. The molecule has 0 aromatic rings. The van der Waals surface area contributed by atoms with Crippen LogP contribution in [0.1, 0.15) is 26.7 Å². The molecule has 4 fully saturated rings.